The molecule has 0 saturated carbocycles. The molecule has 0 bridgehead atoms. The number of aromatic nitrogens is 3. The van der Waals surface area contributed by atoms with Crippen LogP contribution in [-0.2, 0) is 6.54 Å². The summed E-state index contributed by atoms with van der Waals surface area (Å²) in [6, 6.07) is 12.6. The Morgan fingerprint density at radius 2 is 2.04 bits per heavy atom. The van der Waals surface area contributed by atoms with Crippen molar-refractivity contribution in [2.45, 2.75) is 13.5 Å². The van der Waals surface area contributed by atoms with Gasteiger partial charge in [-0.15, -0.1) is 0 Å². The third-order valence-electron chi connectivity index (χ3n) is 4.37. The van der Waals surface area contributed by atoms with E-state index in [9.17, 15) is 9.90 Å². The van der Waals surface area contributed by atoms with E-state index in [1.165, 1.54) is 12.3 Å². The van der Waals surface area contributed by atoms with Crippen LogP contribution in [0.3, 0.4) is 0 Å². The van der Waals surface area contributed by atoms with Gasteiger partial charge in [-0.2, -0.15) is 5.10 Å². The van der Waals surface area contributed by atoms with Gasteiger partial charge in [0, 0.05) is 0 Å². The number of methoxy groups -OCH3 is 1. The Hall–Kier alpha value is -3.61. The predicted octanol–water partition coefficient (Wildman–Crippen LogP) is 3.75. The van der Waals surface area contributed by atoms with Gasteiger partial charge in [0.1, 0.15) is 11.4 Å². The topological polar surface area (TPSA) is 90.4 Å². The molecule has 3 aromatic heterocycles. The first-order valence-corrected chi connectivity index (χ1v) is 8.35. The summed E-state index contributed by atoms with van der Waals surface area (Å²) in [7, 11) is 1.62. The minimum atomic E-state index is -1.03. The SMILES string of the molecule is COc1ccc(Cn2nc(C)c3c(C(=O)O)cc(-c4ccco4)nc32)cc1. The fourth-order valence-electron chi connectivity index (χ4n) is 3.09. The maximum absolute atomic E-state index is 11.8. The third kappa shape index (κ3) is 3.03. The first-order chi connectivity index (χ1) is 13.1. The van der Waals surface area contributed by atoms with Gasteiger partial charge in [-0.05, 0) is 42.8 Å². The second-order valence-electron chi connectivity index (χ2n) is 6.13. The van der Waals surface area contributed by atoms with Crippen LogP contribution in [0.2, 0.25) is 0 Å². The van der Waals surface area contributed by atoms with Crippen LogP contribution in [0.5, 0.6) is 5.75 Å². The normalized spacial score (nSPS) is 11.0. The number of carboxylic acids is 1. The highest BCUT2D eigenvalue weighted by Gasteiger charge is 2.20. The number of carboxylic acid groups (broad SMARTS) is 1. The first kappa shape index (κ1) is 16.8. The number of hydrogen-bond acceptors (Lipinski definition) is 5. The quantitative estimate of drug-likeness (QED) is 0.581. The van der Waals surface area contributed by atoms with Gasteiger partial charge >= 0.3 is 5.97 Å². The molecule has 7 nitrogen and oxygen atoms in total. The van der Waals surface area contributed by atoms with Crippen molar-refractivity contribution in [1.29, 1.82) is 0 Å². The number of benzene rings is 1. The summed E-state index contributed by atoms with van der Waals surface area (Å²) in [6.07, 6.45) is 1.53. The molecule has 4 aromatic rings. The number of aryl methyl sites for hydroxylation is 1. The zero-order valence-electron chi connectivity index (χ0n) is 14.8. The molecule has 27 heavy (non-hydrogen) atoms. The number of pyridine rings is 1. The predicted molar refractivity (Wildman–Crippen MR) is 99.0 cm³/mol. The summed E-state index contributed by atoms with van der Waals surface area (Å²) in [5.74, 6) is 0.253. The van der Waals surface area contributed by atoms with Gasteiger partial charge in [0.2, 0.25) is 0 Å². The van der Waals surface area contributed by atoms with Gasteiger partial charge in [0.05, 0.1) is 36.6 Å². The van der Waals surface area contributed by atoms with Gasteiger partial charge in [-0.25, -0.2) is 14.5 Å². The fourth-order valence-corrected chi connectivity index (χ4v) is 3.09. The van der Waals surface area contributed by atoms with Crippen LogP contribution in [0.4, 0.5) is 0 Å². The molecule has 0 aliphatic carbocycles. The van der Waals surface area contributed by atoms with Gasteiger partial charge in [0.25, 0.3) is 0 Å². The molecule has 1 aromatic carbocycles. The summed E-state index contributed by atoms with van der Waals surface area (Å²) in [6.45, 7) is 2.25. The summed E-state index contributed by atoms with van der Waals surface area (Å²) >= 11 is 0. The molecule has 1 N–H and O–H groups in total. The van der Waals surface area contributed by atoms with Gasteiger partial charge < -0.3 is 14.3 Å². The van der Waals surface area contributed by atoms with E-state index in [1.54, 1.807) is 30.8 Å². The van der Waals surface area contributed by atoms with Crippen LogP contribution in [0.1, 0.15) is 21.6 Å². The third-order valence-corrected chi connectivity index (χ3v) is 4.37. The molecule has 0 radical (unpaired) electrons. The van der Waals surface area contributed by atoms with Crippen molar-refractivity contribution in [3.05, 3.63) is 65.5 Å². The lowest BCUT2D eigenvalue weighted by Gasteiger charge is -2.07. The summed E-state index contributed by atoms with van der Waals surface area (Å²) in [4.78, 5) is 16.4. The number of rotatable bonds is 5. The molecule has 3 heterocycles. The molecule has 0 spiro atoms. The molecular weight excluding hydrogens is 346 g/mol. The van der Waals surface area contributed by atoms with Crippen molar-refractivity contribution in [1.82, 2.24) is 14.8 Å². The van der Waals surface area contributed by atoms with Gasteiger partial charge in [-0.3, -0.25) is 0 Å². The van der Waals surface area contributed by atoms with Crippen molar-refractivity contribution < 1.29 is 19.1 Å². The van der Waals surface area contributed by atoms with Crippen LogP contribution >= 0.6 is 0 Å². The molecule has 0 atom stereocenters. The number of nitrogens with zero attached hydrogens (tertiary/aromatic N) is 3. The molecular formula is C20H17N3O4. The number of ether oxygens (including phenoxy) is 1. The van der Waals surface area contributed by atoms with E-state index in [2.05, 4.69) is 10.1 Å². The highest BCUT2D eigenvalue weighted by molar-refractivity contribution is 6.03. The fraction of sp³-hybridized carbons (Fsp3) is 0.150. The molecule has 0 aliphatic heterocycles. The van der Waals surface area contributed by atoms with Crippen molar-refractivity contribution in [2.75, 3.05) is 7.11 Å². The van der Waals surface area contributed by atoms with E-state index in [0.29, 0.717) is 34.7 Å². The highest BCUT2D eigenvalue weighted by Crippen LogP contribution is 2.28. The van der Waals surface area contributed by atoms with Crippen LogP contribution in [0.15, 0.2) is 53.1 Å². The Kier molecular flexibility index (Phi) is 4.12. The summed E-state index contributed by atoms with van der Waals surface area (Å²) < 4.78 is 12.3. The molecule has 0 saturated heterocycles. The van der Waals surface area contributed by atoms with E-state index >= 15 is 0 Å². The second kappa shape index (κ2) is 6.60. The molecule has 0 unspecified atom stereocenters. The number of hydrogen-bond donors (Lipinski definition) is 1. The van der Waals surface area contributed by atoms with E-state index in [1.807, 2.05) is 24.3 Å². The first-order valence-electron chi connectivity index (χ1n) is 8.35. The molecule has 136 valence electrons. The molecule has 4 rings (SSSR count). The Morgan fingerprint density at radius 3 is 2.67 bits per heavy atom. The largest absolute Gasteiger partial charge is 0.497 e. The lowest BCUT2D eigenvalue weighted by Crippen LogP contribution is -2.05. The van der Waals surface area contributed by atoms with E-state index in [0.717, 1.165) is 11.3 Å². The monoisotopic (exact) mass is 363 g/mol. The van der Waals surface area contributed by atoms with E-state index in [-0.39, 0.29) is 5.56 Å². The van der Waals surface area contributed by atoms with Gasteiger partial charge in [0.15, 0.2) is 11.4 Å². The average molecular weight is 363 g/mol. The van der Waals surface area contributed by atoms with Crippen LogP contribution in [0.25, 0.3) is 22.5 Å². The maximum atomic E-state index is 11.8. The number of aromatic carboxylic acids is 1. The highest BCUT2D eigenvalue weighted by atomic mass is 16.5. The molecule has 0 amide bonds. The number of fused-ring (bicyclic) bond motifs is 1. The van der Waals surface area contributed by atoms with Crippen LogP contribution < -0.4 is 4.74 Å². The minimum Gasteiger partial charge on any atom is -0.497 e. The van der Waals surface area contributed by atoms with E-state index < -0.39 is 5.97 Å². The minimum absolute atomic E-state index is 0.157. The lowest BCUT2D eigenvalue weighted by atomic mass is 10.1. The standard InChI is InChI=1S/C20H17N3O4/c1-12-18-15(20(24)25)10-16(17-4-3-9-27-17)21-19(18)23(22-12)11-13-5-7-14(26-2)8-6-13/h3-10H,11H2,1-2H3,(H,24,25). The van der Waals surface area contributed by atoms with Crippen molar-refractivity contribution >= 4 is 17.0 Å². The summed E-state index contributed by atoms with van der Waals surface area (Å²) in [5, 5.41) is 14.7. The Bertz CT molecular complexity index is 1110. The Labute approximate surface area is 154 Å². The average Bonchev–Trinajstić information content (AvgIpc) is 3.31. The molecule has 0 aliphatic rings. The zero-order chi connectivity index (χ0) is 19.0. The number of furan rings is 1. The zero-order valence-corrected chi connectivity index (χ0v) is 14.8. The van der Waals surface area contributed by atoms with Crippen molar-refractivity contribution in [3.63, 3.8) is 0 Å². The van der Waals surface area contributed by atoms with Gasteiger partial charge in [-0.1, -0.05) is 12.1 Å². The Morgan fingerprint density at radius 1 is 1.26 bits per heavy atom. The number of carbonyl (C=O) groups is 1. The van der Waals surface area contributed by atoms with Crippen LogP contribution in [0, 0.1) is 6.92 Å². The Balaban J connectivity index is 1.86. The molecule has 0 fully saturated rings. The van der Waals surface area contributed by atoms with Crippen molar-refractivity contribution in [3.8, 4) is 17.2 Å². The van der Waals surface area contributed by atoms with Crippen molar-refractivity contribution in [2.24, 2.45) is 0 Å². The van der Waals surface area contributed by atoms with Crippen LogP contribution in [-0.4, -0.2) is 33.0 Å². The maximum Gasteiger partial charge on any atom is 0.336 e. The second-order valence-corrected chi connectivity index (χ2v) is 6.13. The molecule has 7 heteroatoms. The van der Waals surface area contributed by atoms with E-state index in [4.69, 9.17) is 9.15 Å². The smallest absolute Gasteiger partial charge is 0.336 e. The summed E-state index contributed by atoms with van der Waals surface area (Å²) in [5.41, 5.74) is 2.75. The lowest BCUT2D eigenvalue weighted by molar-refractivity contribution is 0.0699.